The molecular weight excluding hydrogens is 370 g/mol. The molecule has 0 aliphatic heterocycles. The van der Waals surface area contributed by atoms with Crippen molar-refractivity contribution in [1.29, 1.82) is 0 Å². The van der Waals surface area contributed by atoms with E-state index < -0.39 is 0 Å². The molecule has 28 heavy (non-hydrogen) atoms. The lowest BCUT2D eigenvalue weighted by atomic mass is 10.2. The van der Waals surface area contributed by atoms with E-state index in [2.05, 4.69) is 46.0 Å². The molecule has 0 saturated heterocycles. The zero-order chi connectivity index (χ0) is 19.3. The van der Waals surface area contributed by atoms with E-state index in [-0.39, 0.29) is 0 Å². The van der Waals surface area contributed by atoms with Crippen LogP contribution in [0.3, 0.4) is 0 Å². The Morgan fingerprint density at radius 3 is 2.64 bits per heavy atom. The number of furan rings is 1. The molecule has 142 valence electrons. The van der Waals surface area contributed by atoms with Crippen LogP contribution in [0.15, 0.2) is 76.5 Å². The zero-order valence-electron chi connectivity index (χ0n) is 15.8. The highest BCUT2D eigenvalue weighted by Crippen LogP contribution is 2.29. The van der Waals surface area contributed by atoms with Gasteiger partial charge in [0.15, 0.2) is 11.0 Å². The van der Waals surface area contributed by atoms with Gasteiger partial charge in [0, 0.05) is 11.3 Å². The van der Waals surface area contributed by atoms with Crippen LogP contribution in [0.2, 0.25) is 0 Å². The maximum Gasteiger partial charge on any atom is 0.192 e. The van der Waals surface area contributed by atoms with Gasteiger partial charge in [0.2, 0.25) is 0 Å². The molecule has 0 bridgehead atoms. The molecule has 0 aliphatic carbocycles. The molecule has 0 spiro atoms. The summed E-state index contributed by atoms with van der Waals surface area (Å²) in [6.07, 6.45) is 1.68. The molecule has 6 heteroatoms. The number of benzene rings is 2. The fourth-order valence-electron chi connectivity index (χ4n) is 2.90. The number of aryl methyl sites for hydroxylation is 1. The molecule has 0 atom stereocenters. The van der Waals surface area contributed by atoms with E-state index in [1.54, 1.807) is 25.1 Å². The Morgan fingerprint density at radius 1 is 1.04 bits per heavy atom. The van der Waals surface area contributed by atoms with Gasteiger partial charge in [-0.2, -0.15) is 0 Å². The number of nitrogens with zero attached hydrogens (tertiary/aromatic N) is 3. The van der Waals surface area contributed by atoms with Gasteiger partial charge in [-0.25, -0.2) is 0 Å². The Balaban J connectivity index is 1.65. The van der Waals surface area contributed by atoms with Crippen molar-refractivity contribution in [1.82, 2.24) is 14.8 Å². The monoisotopic (exact) mass is 391 g/mol. The number of hydrogen-bond donors (Lipinski definition) is 0. The van der Waals surface area contributed by atoms with Crippen molar-refractivity contribution >= 4 is 11.8 Å². The highest BCUT2D eigenvalue weighted by Gasteiger charge is 2.16. The van der Waals surface area contributed by atoms with Crippen molar-refractivity contribution in [3.63, 3.8) is 0 Å². The second-order valence-corrected chi connectivity index (χ2v) is 7.42. The van der Waals surface area contributed by atoms with Gasteiger partial charge >= 0.3 is 0 Å². The van der Waals surface area contributed by atoms with E-state index in [0.29, 0.717) is 6.54 Å². The number of methoxy groups -OCH3 is 1. The van der Waals surface area contributed by atoms with Crippen LogP contribution < -0.4 is 4.74 Å². The van der Waals surface area contributed by atoms with Crippen molar-refractivity contribution in [3.05, 3.63) is 83.8 Å². The predicted molar refractivity (Wildman–Crippen MR) is 111 cm³/mol. The quantitative estimate of drug-likeness (QED) is 0.406. The highest BCUT2D eigenvalue weighted by atomic mass is 32.2. The Kier molecular flexibility index (Phi) is 5.48. The first-order valence-electron chi connectivity index (χ1n) is 9.01. The van der Waals surface area contributed by atoms with Crippen LogP contribution in [0.1, 0.15) is 16.9 Å². The Hall–Kier alpha value is -2.99. The van der Waals surface area contributed by atoms with E-state index in [0.717, 1.165) is 33.8 Å². The van der Waals surface area contributed by atoms with E-state index >= 15 is 0 Å². The summed E-state index contributed by atoms with van der Waals surface area (Å²) < 4.78 is 13.0. The van der Waals surface area contributed by atoms with Crippen LogP contribution in [-0.2, 0) is 12.3 Å². The molecule has 4 rings (SSSR count). The largest absolute Gasteiger partial charge is 0.497 e. The molecule has 0 N–H and O–H groups in total. The van der Waals surface area contributed by atoms with Crippen molar-refractivity contribution in [2.75, 3.05) is 7.11 Å². The van der Waals surface area contributed by atoms with Crippen molar-refractivity contribution in [2.45, 2.75) is 24.4 Å². The molecule has 0 fully saturated rings. The predicted octanol–water partition coefficient (Wildman–Crippen LogP) is 5.20. The standard InChI is InChI=1S/C22H21N3O2S/c1-16-8-10-17(11-9-16)15-28-22-24-23-21(18-5-3-6-19(13-18)26-2)25(22)14-20-7-4-12-27-20/h3-13H,14-15H2,1-2H3. The summed E-state index contributed by atoms with van der Waals surface area (Å²) in [4.78, 5) is 0. The molecule has 0 unspecified atom stereocenters. The lowest BCUT2D eigenvalue weighted by Gasteiger charge is -2.10. The van der Waals surface area contributed by atoms with E-state index in [1.807, 2.05) is 36.4 Å². The molecule has 2 aromatic heterocycles. The summed E-state index contributed by atoms with van der Waals surface area (Å²) in [6.45, 7) is 2.67. The molecule has 0 saturated carbocycles. The van der Waals surface area contributed by atoms with Crippen molar-refractivity contribution < 1.29 is 9.15 Å². The minimum absolute atomic E-state index is 0.572. The molecule has 0 aliphatic rings. The van der Waals surface area contributed by atoms with Gasteiger partial charge in [0.25, 0.3) is 0 Å². The average Bonchev–Trinajstić information content (AvgIpc) is 3.38. The lowest BCUT2D eigenvalue weighted by Crippen LogP contribution is -2.03. The molecule has 0 radical (unpaired) electrons. The molecule has 2 aromatic carbocycles. The molecular formula is C22H21N3O2S. The van der Waals surface area contributed by atoms with Crippen LogP contribution in [0.5, 0.6) is 5.75 Å². The summed E-state index contributed by atoms with van der Waals surface area (Å²) in [5, 5.41) is 9.77. The van der Waals surface area contributed by atoms with Gasteiger partial charge in [-0.1, -0.05) is 53.7 Å². The Bertz CT molecular complexity index is 1040. The Labute approximate surface area is 168 Å². The lowest BCUT2D eigenvalue weighted by molar-refractivity contribution is 0.415. The van der Waals surface area contributed by atoms with E-state index in [1.165, 1.54) is 11.1 Å². The molecule has 0 amide bonds. The van der Waals surface area contributed by atoms with Crippen molar-refractivity contribution in [2.24, 2.45) is 0 Å². The highest BCUT2D eigenvalue weighted by molar-refractivity contribution is 7.98. The van der Waals surface area contributed by atoms with Gasteiger partial charge in [-0.3, -0.25) is 4.57 Å². The minimum atomic E-state index is 0.572. The fourth-order valence-corrected chi connectivity index (χ4v) is 3.80. The van der Waals surface area contributed by atoms with Crippen LogP contribution in [0, 0.1) is 6.92 Å². The van der Waals surface area contributed by atoms with Gasteiger partial charge < -0.3 is 9.15 Å². The van der Waals surface area contributed by atoms with Crippen LogP contribution in [0.25, 0.3) is 11.4 Å². The number of ether oxygens (including phenoxy) is 1. The van der Waals surface area contributed by atoms with Gasteiger partial charge in [0.1, 0.15) is 11.5 Å². The van der Waals surface area contributed by atoms with Gasteiger partial charge in [-0.15, -0.1) is 10.2 Å². The summed E-state index contributed by atoms with van der Waals surface area (Å²) in [6, 6.07) is 20.3. The Morgan fingerprint density at radius 2 is 1.89 bits per heavy atom. The summed E-state index contributed by atoms with van der Waals surface area (Å²) in [7, 11) is 1.66. The molecule has 4 aromatic rings. The minimum Gasteiger partial charge on any atom is -0.497 e. The number of hydrogen-bond acceptors (Lipinski definition) is 5. The smallest absolute Gasteiger partial charge is 0.192 e. The summed E-state index contributed by atoms with van der Waals surface area (Å²) in [5.41, 5.74) is 3.47. The van der Waals surface area contributed by atoms with Gasteiger partial charge in [-0.05, 0) is 36.8 Å². The first kappa shape index (κ1) is 18.4. The normalized spacial score (nSPS) is 10.9. The first-order valence-corrected chi connectivity index (χ1v) is 10.00. The zero-order valence-corrected chi connectivity index (χ0v) is 16.6. The van der Waals surface area contributed by atoms with Crippen LogP contribution >= 0.6 is 11.8 Å². The fraction of sp³-hybridized carbons (Fsp3) is 0.182. The van der Waals surface area contributed by atoms with Crippen LogP contribution in [0.4, 0.5) is 0 Å². The third-order valence-electron chi connectivity index (χ3n) is 4.43. The first-order chi connectivity index (χ1) is 13.7. The van der Waals surface area contributed by atoms with Crippen molar-refractivity contribution in [3.8, 4) is 17.1 Å². The van der Waals surface area contributed by atoms with E-state index in [4.69, 9.17) is 9.15 Å². The third kappa shape index (κ3) is 4.12. The topological polar surface area (TPSA) is 53.1 Å². The maximum absolute atomic E-state index is 5.56. The summed E-state index contributed by atoms with van der Waals surface area (Å²) in [5.74, 6) is 3.27. The second-order valence-electron chi connectivity index (χ2n) is 6.48. The second kappa shape index (κ2) is 8.35. The third-order valence-corrected chi connectivity index (χ3v) is 5.47. The summed E-state index contributed by atoms with van der Waals surface area (Å²) >= 11 is 1.67. The van der Waals surface area contributed by atoms with Crippen LogP contribution in [-0.4, -0.2) is 21.9 Å². The number of thioether (sulfide) groups is 1. The number of aromatic nitrogens is 3. The van der Waals surface area contributed by atoms with E-state index in [9.17, 15) is 0 Å². The maximum atomic E-state index is 5.56. The SMILES string of the molecule is COc1cccc(-c2nnc(SCc3ccc(C)cc3)n2Cc2ccco2)c1. The average molecular weight is 391 g/mol. The molecule has 2 heterocycles. The van der Waals surface area contributed by atoms with Gasteiger partial charge in [0.05, 0.1) is 19.9 Å². The molecule has 5 nitrogen and oxygen atoms in total. The number of rotatable bonds is 7.